The Hall–Kier alpha value is -1.49. The number of halogens is 1. The van der Waals surface area contributed by atoms with Crippen LogP contribution in [-0.2, 0) is 0 Å². The van der Waals surface area contributed by atoms with E-state index < -0.39 is 11.7 Å². The number of hydrogen-bond donors (Lipinski definition) is 2. The van der Waals surface area contributed by atoms with Crippen molar-refractivity contribution in [2.24, 2.45) is 11.7 Å². The number of pyridine rings is 1. The summed E-state index contributed by atoms with van der Waals surface area (Å²) < 4.78 is 13.1. The van der Waals surface area contributed by atoms with Crippen molar-refractivity contribution in [1.82, 2.24) is 10.3 Å². The Morgan fingerprint density at radius 3 is 3.07 bits per heavy atom. The van der Waals surface area contributed by atoms with Gasteiger partial charge in [0.05, 0.1) is 11.8 Å². The van der Waals surface area contributed by atoms with Gasteiger partial charge in [-0.2, -0.15) is 0 Å². The van der Waals surface area contributed by atoms with E-state index in [0.29, 0.717) is 13.1 Å². The van der Waals surface area contributed by atoms with E-state index in [9.17, 15) is 9.18 Å². The fraction of sp³-hybridized carbons (Fsp3) is 0.400. The van der Waals surface area contributed by atoms with E-state index in [1.807, 2.05) is 6.92 Å². The Morgan fingerprint density at radius 1 is 1.73 bits per heavy atom. The molecule has 1 aromatic rings. The second-order valence-electron chi connectivity index (χ2n) is 3.41. The fourth-order valence-corrected chi connectivity index (χ4v) is 1.00. The van der Waals surface area contributed by atoms with Gasteiger partial charge in [-0.25, -0.2) is 4.39 Å². The van der Waals surface area contributed by atoms with Crippen LogP contribution < -0.4 is 11.1 Å². The highest BCUT2D eigenvalue weighted by molar-refractivity contribution is 5.94. The maximum Gasteiger partial charge on any atom is 0.254 e. The summed E-state index contributed by atoms with van der Waals surface area (Å²) in [5.74, 6) is -0.871. The number of nitrogens with two attached hydrogens (primary N) is 1. The molecule has 1 rings (SSSR count). The number of aromatic nitrogens is 1. The smallest absolute Gasteiger partial charge is 0.254 e. The maximum absolute atomic E-state index is 13.1. The Kier molecular flexibility index (Phi) is 4.17. The van der Waals surface area contributed by atoms with Gasteiger partial charge in [0.15, 0.2) is 5.82 Å². The number of nitrogens with zero attached hydrogens (tertiary/aromatic N) is 1. The molecule has 0 spiro atoms. The minimum atomic E-state index is -0.615. The summed E-state index contributed by atoms with van der Waals surface area (Å²) in [6.07, 6.45) is 2.39. The lowest BCUT2D eigenvalue weighted by Gasteiger charge is -2.10. The van der Waals surface area contributed by atoms with Gasteiger partial charge in [0.2, 0.25) is 0 Å². The third kappa shape index (κ3) is 3.28. The third-order valence-electron chi connectivity index (χ3n) is 2.03. The summed E-state index contributed by atoms with van der Waals surface area (Å²) >= 11 is 0. The van der Waals surface area contributed by atoms with Crippen molar-refractivity contribution >= 4 is 5.91 Å². The van der Waals surface area contributed by atoms with Crippen LogP contribution >= 0.6 is 0 Å². The number of amides is 1. The minimum Gasteiger partial charge on any atom is -0.352 e. The summed E-state index contributed by atoms with van der Waals surface area (Å²) in [6.45, 7) is 2.83. The van der Waals surface area contributed by atoms with Crippen molar-refractivity contribution in [3.63, 3.8) is 0 Å². The number of hydrogen-bond acceptors (Lipinski definition) is 3. The van der Waals surface area contributed by atoms with Crippen LogP contribution in [0.3, 0.4) is 0 Å². The Labute approximate surface area is 87.7 Å². The van der Waals surface area contributed by atoms with Crippen LogP contribution in [0.2, 0.25) is 0 Å². The SMILES string of the molecule is CC(CN)CNC(=O)c1ccncc1F. The van der Waals surface area contributed by atoms with Crippen molar-refractivity contribution in [3.8, 4) is 0 Å². The van der Waals surface area contributed by atoms with Crippen LogP contribution in [0.5, 0.6) is 0 Å². The van der Waals surface area contributed by atoms with Gasteiger partial charge in [0, 0.05) is 12.7 Å². The summed E-state index contributed by atoms with van der Waals surface area (Å²) in [5.41, 5.74) is 5.40. The minimum absolute atomic E-state index is 0.00854. The molecule has 0 aliphatic carbocycles. The predicted molar refractivity (Wildman–Crippen MR) is 54.7 cm³/mol. The summed E-state index contributed by atoms with van der Waals surface area (Å²) in [6, 6.07) is 1.35. The highest BCUT2D eigenvalue weighted by Gasteiger charge is 2.11. The van der Waals surface area contributed by atoms with Gasteiger partial charge in [-0.05, 0) is 18.5 Å². The zero-order chi connectivity index (χ0) is 11.3. The van der Waals surface area contributed by atoms with E-state index in [0.717, 1.165) is 6.20 Å². The number of carbonyl (C=O) groups excluding carboxylic acids is 1. The van der Waals surface area contributed by atoms with Crippen molar-refractivity contribution in [2.45, 2.75) is 6.92 Å². The van der Waals surface area contributed by atoms with Crippen molar-refractivity contribution in [1.29, 1.82) is 0 Å². The normalized spacial score (nSPS) is 12.2. The molecule has 3 N–H and O–H groups in total. The average molecular weight is 211 g/mol. The lowest BCUT2D eigenvalue weighted by Crippen LogP contribution is -2.31. The number of rotatable bonds is 4. The van der Waals surface area contributed by atoms with Crippen LogP contribution in [0.15, 0.2) is 18.5 Å². The average Bonchev–Trinajstić information content (AvgIpc) is 2.26. The van der Waals surface area contributed by atoms with Gasteiger partial charge in [-0.1, -0.05) is 6.92 Å². The zero-order valence-electron chi connectivity index (χ0n) is 8.53. The standard InChI is InChI=1S/C10H14FN3O/c1-7(4-12)5-14-10(15)8-2-3-13-6-9(8)11/h2-3,6-7H,4-5,12H2,1H3,(H,14,15). The highest BCUT2D eigenvalue weighted by Crippen LogP contribution is 2.03. The van der Waals surface area contributed by atoms with Crippen LogP contribution in [-0.4, -0.2) is 24.0 Å². The largest absolute Gasteiger partial charge is 0.352 e. The molecule has 0 bridgehead atoms. The third-order valence-corrected chi connectivity index (χ3v) is 2.03. The second kappa shape index (κ2) is 5.41. The number of carbonyl (C=O) groups is 1. The van der Waals surface area contributed by atoms with Crippen LogP contribution in [0.1, 0.15) is 17.3 Å². The molecule has 1 unspecified atom stereocenters. The van der Waals surface area contributed by atoms with E-state index in [1.165, 1.54) is 12.3 Å². The summed E-state index contributed by atoms with van der Waals surface area (Å²) in [5, 5.41) is 2.60. The molecule has 0 radical (unpaired) electrons. The van der Waals surface area contributed by atoms with Gasteiger partial charge in [0.25, 0.3) is 5.91 Å². The Balaban J connectivity index is 2.58. The van der Waals surface area contributed by atoms with Gasteiger partial charge in [0.1, 0.15) is 0 Å². The van der Waals surface area contributed by atoms with Crippen LogP contribution in [0.4, 0.5) is 4.39 Å². The molecule has 0 fully saturated rings. The molecular formula is C10H14FN3O. The Morgan fingerprint density at radius 2 is 2.47 bits per heavy atom. The topological polar surface area (TPSA) is 68.0 Å². The quantitative estimate of drug-likeness (QED) is 0.764. The molecule has 0 aliphatic heterocycles. The maximum atomic E-state index is 13.1. The first kappa shape index (κ1) is 11.6. The number of nitrogens with one attached hydrogen (secondary N) is 1. The second-order valence-corrected chi connectivity index (χ2v) is 3.41. The lowest BCUT2D eigenvalue weighted by atomic mass is 10.2. The molecule has 1 aromatic heterocycles. The van der Waals surface area contributed by atoms with Crippen molar-refractivity contribution in [3.05, 3.63) is 29.8 Å². The predicted octanol–water partition coefficient (Wildman–Crippen LogP) is 0.545. The molecular weight excluding hydrogens is 197 g/mol. The van der Waals surface area contributed by atoms with Gasteiger partial charge in [-0.3, -0.25) is 9.78 Å². The lowest BCUT2D eigenvalue weighted by molar-refractivity contribution is 0.0944. The molecule has 1 atom stereocenters. The monoisotopic (exact) mass is 211 g/mol. The molecule has 5 heteroatoms. The zero-order valence-corrected chi connectivity index (χ0v) is 8.53. The molecule has 1 amide bonds. The Bertz CT molecular complexity index is 343. The molecule has 82 valence electrons. The summed E-state index contributed by atoms with van der Waals surface area (Å²) in [7, 11) is 0. The first-order valence-electron chi connectivity index (χ1n) is 4.73. The van der Waals surface area contributed by atoms with Gasteiger partial charge < -0.3 is 11.1 Å². The molecule has 15 heavy (non-hydrogen) atoms. The van der Waals surface area contributed by atoms with Crippen LogP contribution in [0, 0.1) is 11.7 Å². The van der Waals surface area contributed by atoms with Crippen molar-refractivity contribution in [2.75, 3.05) is 13.1 Å². The molecule has 1 heterocycles. The molecule has 0 saturated carbocycles. The molecule has 0 aliphatic rings. The van der Waals surface area contributed by atoms with Crippen molar-refractivity contribution < 1.29 is 9.18 Å². The van der Waals surface area contributed by atoms with E-state index in [-0.39, 0.29) is 11.5 Å². The first-order valence-corrected chi connectivity index (χ1v) is 4.73. The van der Waals surface area contributed by atoms with E-state index in [1.54, 1.807) is 0 Å². The molecule has 0 aromatic carbocycles. The summed E-state index contributed by atoms with van der Waals surface area (Å²) in [4.78, 5) is 15.0. The van der Waals surface area contributed by atoms with Gasteiger partial charge >= 0.3 is 0 Å². The van der Waals surface area contributed by atoms with E-state index >= 15 is 0 Å². The van der Waals surface area contributed by atoms with E-state index in [4.69, 9.17) is 5.73 Å². The van der Waals surface area contributed by atoms with E-state index in [2.05, 4.69) is 10.3 Å². The van der Waals surface area contributed by atoms with Gasteiger partial charge in [-0.15, -0.1) is 0 Å². The molecule has 4 nitrogen and oxygen atoms in total. The van der Waals surface area contributed by atoms with Crippen LogP contribution in [0.25, 0.3) is 0 Å². The highest BCUT2D eigenvalue weighted by atomic mass is 19.1. The molecule has 0 saturated heterocycles. The fourth-order valence-electron chi connectivity index (χ4n) is 1.00. The first-order chi connectivity index (χ1) is 7.15.